The Kier molecular flexibility index (Phi) is 6.32. The number of halogens is 2. The third-order valence-corrected chi connectivity index (χ3v) is 4.83. The predicted octanol–water partition coefficient (Wildman–Crippen LogP) is 4.51. The van der Waals surface area contributed by atoms with E-state index < -0.39 is 5.91 Å². The molecule has 1 aromatic carbocycles. The van der Waals surface area contributed by atoms with Gasteiger partial charge in [-0.3, -0.25) is 4.79 Å². The lowest BCUT2D eigenvalue weighted by Gasteiger charge is -2.29. The van der Waals surface area contributed by atoms with Gasteiger partial charge in [-0.25, -0.2) is 0 Å². The highest BCUT2D eigenvalue weighted by molar-refractivity contribution is 6.42. The molecule has 1 aliphatic carbocycles. The molecule has 23 heavy (non-hydrogen) atoms. The minimum Gasteiger partial charge on any atom is -0.387 e. The molecule has 0 aromatic heterocycles. The Morgan fingerprint density at radius 3 is 2.70 bits per heavy atom. The zero-order chi connectivity index (χ0) is 16.8. The van der Waals surface area contributed by atoms with Gasteiger partial charge in [-0.05, 0) is 37.0 Å². The normalized spacial score (nSPS) is 21.4. The zero-order valence-electron chi connectivity index (χ0n) is 12.9. The fourth-order valence-corrected chi connectivity index (χ4v) is 2.97. The van der Waals surface area contributed by atoms with Gasteiger partial charge in [0.25, 0.3) is 5.91 Å². The van der Waals surface area contributed by atoms with Crippen molar-refractivity contribution < 1.29 is 4.79 Å². The van der Waals surface area contributed by atoms with E-state index in [-0.39, 0.29) is 5.57 Å². The highest BCUT2D eigenvalue weighted by Gasteiger charge is 2.20. The van der Waals surface area contributed by atoms with Crippen molar-refractivity contribution in [1.82, 2.24) is 5.32 Å². The first-order valence-electron chi connectivity index (χ1n) is 7.64. The maximum absolute atomic E-state index is 12.2. The summed E-state index contributed by atoms with van der Waals surface area (Å²) < 4.78 is 0. The minimum atomic E-state index is -0.471. The first-order valence-corrected chi connectivity index (χ1v) is 8.39. The van der Waals surface area contributed by atoms with Crippen molar-refractivity contribution in [3.8, 4) is 6.07 Å². The van der Waals surface area contributed by atoms with E-state index in [2.05, 4.69) is 17.6 Å². The monoisotopic (exact) mass is 351 g/mol. The average Bonchev–Trinajstić information content (AvgIpc) is 2.53. The van der Waals surface area contributed by atoms with E-state index in [1.165, 1.54) is 25.5 Å². The van der Waals surface area contributed by atoms with Crippen LogP contribution >= 0.6 is 23.2 Å². The van der Waals surface area contributed by atoms with Crippen molar-refractivity contribution in [3.05, 3.63) is 40.0 Å². The van der Waals surface area contributed by atoms with Crippen LogP contribution in [-0.4, -0.2) is 11.9 Å². The number of benzene rings is 1. The summed E-state index contributed by atoms with van der Waals surface area (Å²) in [6.45, 7) is 2.19. The van der Waals surface area contributed by atoms with E-state index in [4.69, 9.17) is 23.2 Å². The molecule has 2 atom stereocenters. The molecule has 0 aliphatic heterocycles. The van der Waals surface area contributed by atoms with Crippen LogP contribution in [0.15, 0.2) is 30.0 Å². The van der Waals surface area contributed by atoms with E-state index in [0.29, 0.717) is 27.7 Å². The van der Waals surface area contributed by atoms with Gasteiger partial charge in [0.15, 0.2) is 0 Å². The van der Waals surface area contributed by atoms with Crippen LogP contribution < -0.4 is 10.6 Å². The van der Waals surface area contributed by atoms with E-state index in [9.17, 15) is 10.1 Å². The lowest BCUT2D eigenvalue weighted by Crippen LogP contribution is -2.34. The number of anilines is 1. The standard InChI is InChI=1S/C17H19Cl2N3O/c1-11-4-2-3-5-16(11)21-10-12(9-20)17(23)22-13-6-7-14(18)15(19)8-13/h6-8,10-11,16,21H,2-5H2,1H3,(H,22,23)/b12-10-. The molecule has 1 aromatic rings. The van der Waals surface area contributed by atoms with Gasteiger partial charge in [0, 0.05) is 17.9 Å². The van der Waals surface area contributed by atoms with Gasteiger partial charge >= 0.3 is 0 Å². The molecular weight excluding hydrogens is 333 g/mol. The Hall–Kier alpha value is -1.70. The van der Waals surface area contributed by atoms with Crippen molar-refractivity contribution in [2.45, 2.75) is 38.6 Å². The molecule has 1 saturated carbocycles. The van der Waals surface area contributed by atoms with Crippen molar-refractivity contribution in [3.63, 3.8) is 0 Å². The molecule has 0 spiro atoms. The fourth-order valence-electron chi connectivity index (χ4n) is 2.68. The lowest BCUT2D eigenvalue weighted by molar-refractivity contribution is -0.112. The molecule has 0 radical (unpaired) electrons. The van der Waals surface area contributed by atoms with Crippen molar-refractivity contribution in [2.75, 3.05) is 5.32 Å². The summed E-state index contributed by atoms with van der Waals surface area (Å²) in [5.41, 5.74) is 0.533. The molecule has 1 amide bonds. The molecule has 2 rings (SSSR count). The van der Waals surface area contributed by atoms with Gasteiger partial charge in [0.1, 0.15) is 11.6 Å². The van der Waals surface area contributed by atoms with Gasteiger partial charge < -0.3 is 10.6 Å². The van der Waals surface area contributed by atoms with Gasteiger partial charge in [-0.1, -0.05) is 43.0 Å². The number of hydrogen-bond acceptors (Lipinski definition) is 3. The van der Waals surface area contributed by atoms with E-state index in [0.717, 1.165) is 6.42 Å². The number of nitrogens with one attached hydrogen (secondary N) is 2. The molecule has 122 valence electrons. The first-order chi connectivity index (χ1) is 11.0. The predicted molar refractivity (Wildman–Crippen MR) is 93.3 cm³/mol. The van der Waals surface area contributed by atoms with Crippen LogP contribution in [0.3, 0.4) is 0 Å². The first kappa shape index (κ1) is 17.7. The van der Waals surface area contributed by atoms with Crippen LogP contribution in [0.1, 0.15) is 32.6 Å². The molecular formula is C17H19Cl2N3O. The van der Waals surface area contributed by atoms with E-state index in [1.54, 1.807) is 18.2 Å². The Labute approximate surface area is 146 Å². The molecule has 6 heteroatoms. The fraction of sp³-hybridized carbons (Fsp3) is 0.412. The summed E-state index contributed by atoms with van der Waals surface area (Å²) in [6, 6.07) is 7.02. The molecule has 4 nitrogen and oxygen atoms in total. The maximum Gasteiger partial charge on any atom is 0.267 e. The second-order valence-corrected chi connectivity index (χ2v) is 6.60. The van der Waals surface area contributed by atoms with Crippen LogP contribution in [0.5, 0.6) is 0 Å². The van der Waals surface area contributed by atoms with Crippen LogP contribution in [-0.2, 0) is 4.79 Å². The summed E-state index contributed by atoms with van der Waals surface area (Å²) in [4.78, 5) is 12.2. The number of hydrogen-bond donors (Lipinski definition) is 2. The smallest absolute Gasteiger partial charge is 0.267 e. The van der Waals surface area contributed by atoms with Crippen LogP contribution in [0, 0.1) is 17.2 Å². The molecule has 0 bridgehead atoms. The van der Waals surface area contributed by atoms with Gasteiger partial charge in [0.2, 0.25) is 0 Å². The second kappa shape index (κ2) is 8.24. The highest BCUT2D eigenvalue weighted by atomic mass is 35.5. The lowest BCUT2D eigenvalue weighted by atomic mass is 9.86. The number of carbonyl (C=O) groups is 1. The summed E-state index contributed by atoms with van der Waals surface area (Å²) in [5, 5.41) is 15.8. The molecule has 2 unspecified atom stereocenters. The molecule has 0 saturated heterocycles. The minimum absolute atomic E-state index is 0.0360. The Morgan fingerprint density at radius 1 is 1.30 bits per heavy atom. The van der Waals surface area contributed by atoms with Crippen molar-refractivity contribution in [1.29, 1.82) is 5.26 Å². The largest absolute Gasteiger partial charge is 0.387 e. The van der Waals surface area contributed by atoms with Crippen LogP contribution in [0.2, 0.25) is 10.0 Å². The summed E-state index contributed by atoms with van der Waals surface area (Å²) in [5.74, 6) is 0.0694. The topological polar surface area (TPSA) is 64.9 Å². The van der Waals surface area contributed by atoms with Gasteiger partial charge in [0.05, 0.1) is 10.0 Å². The number of rotatable bonds is 4. The molecule has 1 aliphatic rings. The third kappa shape index (κ3) is 4.89. The summed E-state index contributed by atoms with van der Waals surface area (Å²) in [6.07, 6.45) is 6.16. The second-order valence-electron chi connectivity index (χ2n) is 5.79. The Morgan fingerprint density at radius 2 is 2.04 bits per heavy atom. The number of carbonyl (C=O) groups excluding carboxylic acids is 1. The number of nitrogens with zero attached hydrogens (tertiary/aromatic N) is 1. The molecule has 1 fully saturated rings. The summed E-state index contributed by atoms with van der Waals surface area (Å²) in [7, 11) is 0. The molecule has 0 heterocycles. The van der Waals surface area contributed by atoms with Gasteiger partial charge in [-0.2, -0.15) is 5.26 Å². The van der Waals surface area contributed by atoms with Crippen LogP contribution in [0.25, 0.3) is 0 Å². The third-order valence-electron chi connectivity index (χ3n) is 4.10. The van der Waals surface area contributed by atoms with Crippen molar-refractivity contribution in [2.24, 2.45) is 5.92 Å². The van der Waals surface area contributed by atoms with E-state index in [1.807, 2.05) is 6.07 Å². The zero-order valence-corrected chi connectivity index (χ0v) is 14.4. The summed E-state index contributed by atoms with van der Waals surface area (Å²) >= 11 is 11.8. The van der Waals surface area contributed by atoms with Crippen LogP contribution in [0.4, 0.5) is 5.69 Å². The Bertz CT molecular complexity index is 652. The van der Waals surface area contributed by atoms with Gasteiger partial charge in [-0.15, -0.1) is 0 Å². The Balaban J connectivity index is 2.01. The SMILES string of the molecule is CC1CCCCC1N/C=C(/C#N)C(=O)Nc1ccc(Cl)c(Cl)c1. The van der Waals surface area contributed by atoms with Crippen molar-refractivity contribution >= 4 is 34.8 Å². The highest BCUT2D eigenvalue weighted by Crippen LogP contribution is 2.25. The van der Waals surface area contributed by atoms with E-state index >= 15 is 0 Å². The average molecular weight is 352 g/mol. The number of amides is 1. The maximum atomic E-state index is 12.2. The molecule has 2 N–H and O–H groups in total. The quantitative estimate of drug-likeness (QED) is 0.619. The number of nitriles is 1.